The zero-order chi connectivity index (χ0) is 22.8. The third-order valence-corrected chi connectivity index (χ3v) is 5.83. The van der Waals surface area contributed by atoms with E-state index in [9.17, 15) is 13.2 Å². The lowest BCUT2D eigenvalue weighted by Gasteiger charge is -2.13. The molecule has 11 heteroatoms. The summed E-state index contributed by atoms with van der Waals surface area (Å²) in [5, 5.41) is 19.3. The lowest BCUT2D eigenvalue weighted by atomic mass is 10.1. The van der Waals surface area contributed by atoms with Crippen LogP contribution in [0.1, 0.15) is 12.5 Å². The molecule has 160 valence electrons. The SMILES string of the molecule is COc1cc(/C=C2/C(=O)N(c3ccc(S(N)(=O)=O)cc3)N=C2C)cc(Br)c1OCC#N. The number of amides is 1. The summed E-state index contributed by atoms with van der Waals surface area (Å²) in [5.41, 5.74) is 1.90. The molecule has 2 N–H and O–H groups in total. The molecule has 1 aliphatic heterocycles. The summed E-state index contributed by atoms with van der Waals surface area (Å²) in [5.74, 6) is 0.401. The van der Waals surface area contributed by atoms with Gasteiger partial charge < -0.3 is 9.47 Å². The Morgan fingerprint density at radius 1 is 1.29 bits per heavy atom. The van der Waals surface area contributed by atoms with E-state index in [0.29, 0.717) is 38.5 Å². The number of methoxy groups -OCH3 is 1. The molecule has 0 atom stereocenters. The maximum absolute atomic E-state index is 12.9. The molecule has 0 saturated carbocycles. The topological polar surface area (TPSA) is 135 Å². The summed E-state index contributed by atoms with van der Waals surface area (Å²) in [6.07, 6.45) is 1.65. The number of nitrogens with two attached hydrogens (primary N) is 1. The Balaban J connectivity index is 1.93. The van der Waals surface area contributed by atoms with Crippen LogP contribution in [0.4, 0.5) is 5.69 Å². The molecule has 0 fully saturated rings. The average molecular weight is 505 g/mol. The Morgan fingerprint density at radius 2 is 1.97 bits per heavy atom. The molecule has 0 spiro atoms. The van der Waals surface area contributed by atoms with E-state index in [1.54, 1.807) is 25.1 Å². The second-order valence-corrected chi connectivity index (χ2v) is 8.80. The Labute approximate surface area is 187 Å². The normalized spacial score (nSPS) is 15.1. The van der Waals surface area contributed by atoms with E-state index in [-0.39, 0.29) is 17.4 Å². The molecule has 1 aliphatic rings. The molecule has 0 aliphatic carbocycles. The number of sulfonamides is 1. The van der Waals surface area contributed by atoms with Crippen LogP contribution in [0.25, 0.3) is 6.08 Å². The first-order chi connectivity index (χ1) is 14.7. The van der Waals surface area contributed by atoms with Gasteiger partial charge in [0.2, 0.25) is 10.0 Å². The Kier molecular flexibility index (Phi) is 6.45. The summed E-state index contributed by atoms with van der Waals surface area (Å²) in [6.45, 7) is 1.55. The van der Waals surface area contributed by atoms with Crippen molar-refractivity contribution in [1.82, 2.24) is 0 Å². The van der Waals surface area contributed by atoms with Crippen molar-refractivity contribution in [2.24, 2.45) is 10.2 Å². The number of ether oxygens (including phenoxy) is 2. The van der Waals surface area contributed by atoms with Gasteiger partial charge >= 0.3 is 0 Å². The Hall–Kier alpha value is -3.20. The van der Waals surface area contributed by atoms with E-state index in [1.807, 2.05) is 6.07 Å². The molecule has 1 heterocycles. The van der Waals surface area contributed by atoms with Gasteiger partial charge in [0.05, 0.1) is 33.5 Å². The van der Waals surface area contributed by atoms with Crippen molar-refractivity contribution in [1.29, 1.82) is 5.26 Å². The van der Waals surface area contributed by atoms with Gasteiger partial charge in [-0.25, -0.2) is 13.6 Å². The number of carbonyl (C=O) groups excluding carboxylic acids is 1. The van der Waals surface area contributed by atoms with Gasteiger partial charge in [-0.1, -0.05) is 0 Å². The molecule has 2 aromatic carbocycles. The summed E-state index contributed by atoms with van der Waals surface area (Å²) >= 11 is 3.39. The first-order valence-electron chi connectivity index (χ1n) is 8.77. The smallest absolute Gasteiger partial charge is 0.280 e. The van der Waals surface area contributed by atoms with Crippen LogP contribution in [0.2, 0.25) is 0 Å². The summed E-state index contributed by atoms with van der Waals surface area (Å²) in [7, 11) is -2.36. The summed E-state index contributed by atoms with van der Waals surface area (Å²) < 4.78 is 34.1. The van der Waals surface area contributed by atoms with E-state index in [0.717, 1.165) is 0 Å². The number of nitrogens with zero attached hydrogens (tertiary/aromatic N) is 3. The maximum atomic E-state index is 12.9. The highest BCUT2D eigenvalue weighted by molar-refractivity contribution is 9.10. The van der Waals surface area contributed by atoms with Gasteiger partial charge in [-0.2, -0.15) is 15.4 Å². The minimum absolute atomic E-state index is 0.0602. The van der Waals surface area contributed by atoms with Crippen LogP contribution in [0.3, 0.4) is 0 Å². The fourth-order valence-electron chi connectivity index (χ4n) is 2.87. The van der Waals surface area contributed by atoms with Crippen molar-refractivity contribution in [2.45, 2.75) is 11.8 Å². The molecule has 9 nitrogen and oxygen atoms in total. The van der Waals surface area contributed by atoms with Crippen LogP contribution < -0.4 is 19.6 Å². The van der Waals surface area contributed by atoms with E-state index in [1.165, 1.54) is 36.4 Å². The van der Waals surface area contributed by atoms with Crippen LogP contribution in [0, 0.1) is 11.3 Å². The van der Waals surface area contributed by atoms with Gasteiger partial charge in [0.1, 0.15) is 6.07 Å². The van der Waals surface area contributed by atoms with E-state index < -0.39 is 10.0 Å². The highest BCUT2D eigenvalue weighted by Gasteiger charge is 2.29. The van der Waals surface area contributed by atoms with Crippen molar-refractivity contribution < 1.29 is 22.7 Å². The number of carbonyl (C=O) groups is 1. The molecule has 0 saturated heterocycles. The quantitative estimate of drug-likeness (QED) is 0.600. The standard InChI is InChI=1S/C20H17BrN4O5S/c1-12-16(9-13-10-17(21)19(30-8-7-22)18(11-13)29-2)20(26)25(24-12)14-3-5-15(6-4-14)31(23,27)28/h3-6,9-11H,8H2,1-2H3,(H2,23,27,28)/b16-9+. The van der Waals surface area contributed by atoms with Crippen molar-refractivity contribution in [3.8, 4) is 17.6 Å². The lowest BCUT2D eigenvalue weighted by Crippen LogP contribution is -2.21. The number of hydrogen-bond acceptors (Lipinski definition) is 7. The van der Waals surface area contributed by atoms with Crippen LogP contribution in [0.15, 0.2) is 56.4 Å². The van der Waals surface area contributed by atoms with E-state index in [2.05, 4.69) is 21.0 Å². The van der Waals surface area contributed by atoms with Crippen LogP contribution in [-0.2, 0) is 14.8 Å². The van der Waals surface area contributed by atoms with Crippen LogP contribution >= 0.6 is 15.9 Å². The van der Waals surface area contributed by atoms with Crippen LogP contribution in [0.5, 0.6) is 11.5 Å². The van der Waals surface area contributed by atoms with Crippen LogP contribution in [-0.4, -0.2) is 33.8 Å². The molecular formula is C20H17BrN4O5S. The maximum Gasteiger partial charge on any atom is 0.280 e. The van der Waals surface area contributed by atoms with Crippen molar-refractivity contribution in [3.05, 3.63) is 52.0 Å². The highest BCUT2D eigenvalue weighted by atomic mass is 79.9. The van der Waals surface area contributed by atoms with Gasteiger partial charge in [-0.15, -0.1) is 0 Å². The van der Waals surface area contributed by atoms with Gasteiger partial charge in [0.15, 0.2) is 18.1 Å². The third kappa shape index (κ3) is 4.77. The number of benzene rings is 2. The van der Waals surface area contributed by atoms with E-state index >= 15 is 0 Å². The number of halogens is 1. The molecule has 0 radical (unpaired) electrons. The van der Waals surface area contributed by atoms with Gasteiger partial charge in [0.25, 0.3) is 5.91 Å². The second-order valence-electron chi connectivity index (χ2n) is 6.38. The molecule has 3 rings (SSSR count). The highest BCUT2D eigenvalue weighted by Crippen LogP contribution is 2.37. The minimum Gasteiger partial charge on any atom is -0.493 e. The zero-order valence-electron chi connectivity index (χ0n) is 16.5. The number of nitriles is 1. The fourth-order valence-corrected chi connectivity index (χ4v) is 3.96. The number of rotatable bonds is 6. The summed E-state index contributed by atoms with van der Waals surface area (Å²) in [4.78, 5) is 12.9. The molecule has 1 amide bonds. The number of hydrogen-bond donors (Lipinski definition) is 1. The number of hydrazone groups is 1. The first-order valence-corrected chi connectivity index (χ1v) is 11.1. The molecule has 0 aromatic heterocycles. The van der Waals surface area contributed by atoms with E-state index in [4.69, 9.17) is 19.9 Å². The van der Waals surface area contributed by atoms with Crippen molar-refractivity contribution in [2.75, 3.05) is 18.7 Å². The molecule has 0 bridgehead atoms. The minimum atomic E-state index is -3.83. The predicted molar refractivity (Wildman–Crippen MR) is 118 cm³/mol. The third-order valence-electron chi connectivity index (χ3n) is 4.32. The fraction of sp³-hybridized carbons (Fsp3) is 0.150. The zero-order valence-corrected chi connectivity index (χ0v) is 18.9. The average Bonchev–Trinajstić information content (AvgIpc) is 3.00. The number of primary sulfonamides is 1. The Bertz CT molecular complexity index is 1250. The lowest BCUT2D eigenvalue weighted by molar-refractivity contribution is -0.114. The van der Waals surface area contributed by atoms with Gasteiger partial charge in [-0.05, 0) is 70.9 Å². The van der Waals surface area contributed by atoms with Crippen molar-refractivity contribution in [3.63, 3.8) is 0 Å². The molecule has 0 unspecified atom stereocenters. The van der Waals surface area contributed by atoms with Crippen molar-refractivity contribution >= 4 is 49.3 Å². The largest absolute Gasteiger partial charge is 0.493 e. The number of anilines is 1. The molecule has 2 aromatic rings. The first kappa shape index (κ1) is 22.5. The second kappa shape index (κ2) is 8.89. The Morgan fingerprint density at radius 3 is 2.55 bits per heavy atom. The monoisotopic (exact) mass is 504 g/mol. The van der Waals surface area contributed by atoms with Gasteiger partial charge in [-0.3, -0.25) is 4.79 Å². The summed E-state index contributed by atoms with van der Waals surface area (Å²) in [6, 6.07) is 10.8. The predicted octanol–water partition coefficient (Wildman–Crippen LogP) is 2.81. The molecular weight excluding hydrogens is 488 g/mol. The molecule has 31 heavy (non-hydrogen) atoms. The van der Waals surface area contributed by atoms with Gasteiger partial charge in [0, 0.05) is 0 Å².